The number of pyridine rings is 1. The fourth-order valence-electron chi connectivity index (χ4n) is 5.00. The van der Waals surface area contributed by atoms with Crippen molar-refractivity contribution in [3.05, 3.63) is 82.5 Å². The number of alkyl halides is 3. The van der Waals surface area contributed by atoms with Gasteiger partial charge in [-0.25, -0.2) is 12.8 Å². The van der Waals surface area contributed by atoms with E-state index in [9.17, 15) is 30.8 Å². The molecule has 0 spiro atoms. The monoisotopic (exact) mass is 508 g/mol. The van der Waals surface area contributed by atoms with Crippen LogP contribution in [0.5, 0.6) is 5.75 Å². The van der Waals surface area contributed by atoms with Crippen LogP contribution in [0.15, 0.2) is 70.4 Å². The zero-order valence-corrected chi connectivity index (χ0v) is 19.0. The Morgan fingerprint density at radius 2 is 1.57 bits per heavy atom. The Morgan fingerprint density at radius 3 is 2.23 bits per heavy atom. The van der Waals surface area contributed by atoms with Crippen molar-refractivity contribution in [3.8, 4) is 16.9 Å². The Morgan fingerprint density at radius 1 is 0.886 bits per heavy atom. The normalized spacial score (nSPS) is 20.3. The predicted molar refractivity (Wildman–Crippen MR) is 119 cm³/mol. The molecule has 3 heterocycles. The molecular weight excluding hydrogens is 488 g/mol. The van der Waals surface area contributed by atoms with Gasteiger partial charge in [0.2, 0.25) is 10.0 Å². The summed E-state index contributed by atoms with van der Waals surface area (Å²) in [6, 6.07) is 13.0. The highest BCUT2D eigenvalue weighted by molar-refractivity contribution is 7.89. The van der Waals surface area contributed by atoms with Gasteiger partial charge in [-0.3, -0.25) is 4.79 Å². The zero-order chi connectivity index (χ0) is 25.0. The molecule has 2 aliphatic heterocycles. The average molecular weight is 508 g/mol. The van der Waals surface area contributed by atoms with Gasteiger partial charge in [0.1, 0.15) is 11.6 Å². The summed E-state index contributed by atoms with van der Waals surface area (Å²) in [7, 11) is -3.88. The third kappa shape index (κ3) is 4.57. The summed E-state index contributed by atoms with van der Waals surface area (Å²) in [5, 5.41) is 0. The van der Waals surface area contributed by atoms with Gasteiger partial charge in [0.15, 0.2) is 0 Å². The lowest BCUT2D eigenvalue weighted by molar-refractivity contribution is -0.274. The molecule has 0 radical (unpaired) electrons. The molecule has 5 rings (SSSR count). The summed E-state index contributed by atoms with van der Waals surface area (Å²) in [5.74, 6) is -1.29. The molecule has 0 saturated carbocycles. The summed E-state index contributed by atoms with van der Waals surface area (Å²) in [5.41, 5.74) is 1.66. The van der Waals surface area contributed by atoms with Crippen molar-refractivity contribution in [1.82, 2.24) is 8.87 Å². The molecule has 6 nitrogen and oxygen atoms in total. The first-order valence-corrected chi connectivity index (χ1v) is 12.3. The van der Waals surface area contributed by atoms with E-state index in [2.05, 4.69) is 4.74 Å². The summed E-state index contributed by atoms with van der Waals surface area (Å²) in [6.45, 7) is 0.681. The summed E-state index contributed by atoms with van der Waals surface area (Å²) >= 11 is 0. The van der Waals surface area contributed by atoms with E-state index in [0.717, 1.165) is 12.1 Å². The van der Waals surface area contributed by atoms with Crippen LogP contribution in [0.1, 0.15) is 18.0 Å². The van der Waals surface area contributed by atoms with E-state index < -0.39 is 22.2 Å². The second-order valence-electron chi connectivity index (χ2n) is 8.73. The first kappa shape index (κ1) is 23.6. The van der Waals surface area contributed by atoms with Gasteiger partial charge in [-0.2, -0.15) is 4.31 Å². The molecule has 1 fully saturated rings. The zero-order valence-electron chi connectivity index (χ0n) is 18.2. The molecule has 0 N–H and O–H groups in total. The fourth-order valence-corrected chi connectivity index (χ4v) is 6.56. The van der Waals surface area contributed by atoms with Crippen molar-refractivity contribution < 1.29 is 30.7 Å². The van der Waals surface area contributed by atoms with Crippen LogP contribution in [0.25, 0.3) is 11.1 Å². The number of ether oxygens (including phenoxy) is 1. The number of rotatable bonds is 4. The fraction of sp³-hybridized carbons (Fsp3) is 0.292. The summed E-state index contributed by atoms with van der Waals surface area (Å²) < 4.78 is 84.3. The Hall–Kier alpha value is -3.18. The first-order chi connectivity index (χ1) is 16.5. The summed E-state index contributed by atoms with van der Waals surface area (Å²) in [4.78, 5) is 12.7. The molecular formula is C24H20F4N2O4S. The lowest BCUT2D eigenvalue weighted by atomic mass is 9.81. The summed E-state index contributed by atoms with van der Waals surface area (Å²) in [6.07, 6.45) is -4.14. The number of aromatic nitrogens is 1. The average Bonchev–Trinajstić information content (AvgIpc) is 2.79. The molecule has 184 valence electrons. The second kappa shape index (κ2) is 8.49. The standard InChI is InChI=1S/C24H20F4N2O4S/c25-18-3-7-20(8-4-18)35(32,33)29-12-15-11-17(14-29)23-21(9-10-22(31)30(23)13-15)16-1-5-19(6-2-16)34-24(26,27)28/h1-10,15,17H,11-14H2/t15-,17-/m0/s1. The minimum atomic E-state index is -4.81. The minimum absolute atomic E-state index is 0.00944. The molecule has 3 aromatic rings. The maximum absolute atomic E-state index is 13.3. The quantitative estimate of drug-likeness (QED) is 0.491. The maximum Gasteiger partial charge on any atom is 0.573 e. The molecule has 0 amide bonds. The van der Waals surface area contributed by atoms with Gasteiger partial charge in [-0.1, -0.05) is 12.1 Å². The van der Waals surface area contributed by atoms with Crippen LogP contribution in [0, 0.1) is 11.7 Å². The van der Waals surface area contributed by atoms with Crippen LogP contribution in [0.4, 0.5) is 17.6 Å². The van der Waals surface area contributed by atoms with Gasteiger partial charge < -0.3 is 9.30 Å². The molecule has 0 aliphatic carbocycles. The van der Waals surface area contributed by atoms with Gasteiger partial charge in [-0.15, -0.1) is 13.2 Å². The number of fused-ring (bicyclic) bond motifs is 4. The highest BCUT2D eigenvalue weighted by Gasteiger charge is 2.40. The van der Waals surface area contributed by atoms with Gasteiger partial charge >= 0.3 is 6.36 Å². The third-order valence-electron chi connectivity index (χ3n) is 6.41. The van der Waals surface area contributed by atoms with Gasteiger partial charge in [0.25, 0.3) is 5.56 Å². The lowest BCUT2D eigenvalue weighted by Crippen LogP contribution is -2.49. The molecule has 0 unspecified atom stereocenters. The van der Waals surface area contributed by atoms with Gasteiger partial charge in [-0.05, 0) is 60.4 Å². The van der Waals surface area contributed by atoms with Crippen LogP contribution in [-0.2, 0) is 16.6 Å². The number of nitrogens with zero attached hydrogens (tertiary/aromatic N) is 2. The Kier molecular flexibility index (Phi) is 5.71. The first-order valence-electron chi connectivity index (χ1n) is 10.9. The van der Waals surface area contributed by atoms with Crippen molar-refractivity contribution in [3.63, 3.8) is 0 Å². The second-order valence-corrected chi connectivity index (χ2v) is 10.7. The number of piperidine rings is 1. The molecule has 11 heteroatoms. The minimum Gasteiger partial charge on any atom is -0.406 e. The third-order valence-corrected chi connectivity index (χ3v) is 8.25. The van der Waals surface area contributed by atoms with Gasteiger partial charge in [0, 0.05) is 42.9 Å². The Balaban J connectivity index is 1.51. The van der Waals surface area contributed by atoms with E-state index in [1.165, 1.54) is 46.8 Å². The van der Waals surface area contributed by atoms with Crippen molar-refractivity contribution in [1.29, 1.82) is 0 Å². The van der Waals surface area contributed by atoms with Crippen molar-refractivity contribution >= 4 is 10.0 Å². The SMILES string of the molecule is O=c1ccc(-c2ccc(OC(F)(F)F)cc2)c2n1C[C@H]1C[C@H]2CN(S(=O)(=O)c2ccc(F)cc2)C1. The number of hydrogen-bond acceptors (Lipinski definition) is 4. The van der Waals surface area contributed by atoms with Crippen LogP contribution in [0.2, 0.25) is 0 Å². The number of benzene rings is 2. The van der Waals surface area contributed by atoms with Crippen molar-refractivity contribution in [2.75, 3.05) is 13.1 Å². The predicted octanol–water partition coefficient (Wildman–Crippen LogP) is 4.36. The van der Waals surface area contributed by atoms with E-state index in [1.54, 1.807) is 10.6 Å². The van der Waals surface area contributed by atoms with E-state index in [1.807, 2.05) is 0 Å². The molecule has 2 bridgehead atoms. The smallest absolute Gasteiger partial charge is 0.406 e. The highest BCUT2D eigenvalue weighted by Crippen LogP contribution is 2.41. The molecule has 2 atom stereocenters. The van der Waals surface area contributed by atoms with Crippen LogP contribution < -0.4 is 10.3 Å². The molecule has 2 aromatic carbocycles. The Labute approximate surface area is 198 Å². The Bertz CT molecular complexity index is 1420. The number of halogens is 4. The van der Waals surface area contributed by atoms with Crippen molar-refractivity contribution in [2.45, 2.75) is 30.1 Å². The van der Waals surface area contributed by atoms with E-state index in [0.29, 0.717) is 29.8 Å². The van der Waals surface area contributed by atoms with Crippen LogP contribution in [0.3, 0.4) is 0 Å². The molecule has 1 aromatic heterocycles. The van der Waals surface area contributed by atoms with Gasteiger partial charge in [0.05, 0.1) is 4.90 Å². The molecule has 1 saturated heterocycles. The van der Waals surface area contributed by atoms with E-state index >= 15 is 0 Å². The van der Waals surface area contributed by atoms with E-state index in [4.69, 9.17) is 0 Å². The topological polar surface area (TPSA) is 68.6 Å². The largest absolute Gasteiger partial charge is 0.573 e. The van der Waals surface area contributed by atoms with E-state index in [-0.39, 0.29) is 41.1 Å². The number of sulfonamides is 1. The number of hydrogen-bond donors (Lipinski definition) is 0. The highest BCUT2D eigenvalue weighted by atomic mass is 32.2. The molecule has 35 heavy (non-hydrogen) atoms. The van der Waals surface area contributed by atoms with Crippen LogP contribution >= 0.6 is 0 Å². The van der Waals surface area contributed by atoms with Crippen molar-refractivity contribution in [2.24, 2.45) is 5.92 Å². The molecule has 2 aliphatic rings. The maximum atomic E-state index is 13.3. The lowest BCUT2D eigenvalue weighted by Gasteiger charge is -2.42. The van der Waals surface area contributed by atoms with Crippen LogP contribution in [-0.4, -0.2) is 36.7 Å².